The first-order valence-corrected chi connectivity index (χ1v) is 8.04. The lowest BCUT2D eigenvalue weighted by molar-refractivity contribution is -0.118. The molecule has 0 bridgehead atoms. The summed E-state index contributed by atoms with van der Waals surface area (Å²) in [5, 5.41) is 11.9. The number of amides is 1. The van der Waals surface area contributed by atoms with Crippen molar-refractivity contribution in [3.05, 3.63) is 63.6 Å². The molecule has 3 rings (SSSR count). The van der Waals surface area contributed by atoms with E-state index >= 15 is 0 Å². The molecule has 1 heterocycles. The summed E-state index contributed by atoms with van der Waals surface area (Å²) < 4.78 is 6.33. The molecule has 0 saturated carbocycles. The number of carbonyl (C=O) groups is 2. The number of anilines is 1. The van der Waals surface area contributed by atoms with Crippen molar-refractivity contribution in [2.45, 2.75) is 26.8 Å². The molecule has 1 unspecified atom stereocenters. The summed E-state index contributed by atoms with van der Waals surface area (Å²) in [5.74, 6) is -2.21. The third-order valence-electron chi connectivity index (χ3n) is 4.28. The topological polar surface area (TPSA) is 102 Å². The largest absolute Gasteiger partial charge is 0.478 e. The van der Waals surface area contributed by atoms with Crippen molar-refractivity contribution in [3.8, 4) is 0 Å². The maximum atomic E-state index is 12.6. The van der Waals surface area contributed by atoms with Gasteiger partial charge in [0.2, 0.25) is 5.91 Å². The Morgan fingerprint density at radius 2 is 1.88 bits per heavy atom. The maximum Gasteiger partial charge on any atom is 0.420 e. The number of benzene rings is 2. The zero-order valence-electron chi connectivity index (χ0n) is 14.6. The zero-order valence-corrected chi connectivity index (χ0v) is 14.6. The van der Waals surface area contributed by atoms with Crippen molar-refractivity contribution >= 4 is 28.7 Å². The highest BCUT2D eigenvalue weighted by atomic mass is 16.4. The van der Waals surface area contributed by atoms with Gasteiger partial charge in [0, 0.05) is 5.69 Å². The molecule has 2 aromatic carbocycles. The average molecular weight is 354 g/mol. The third-order valence-corrected chi connectivity index (χ3v) is 4.28. The Morgan fingerprint density at radius 3 is 2.58 bits per heavy atom. The molecule has 0 aliphatic carbocycles. The van der Waals surface area contributed by atoms with E-state index in [1.54, 1.807) is 6.92 Å². The number of carboxylic acid groups (broad SMARTS) is 1. The highest BCUT2D eigenvalue weighted by Crippen LogP contribution is 2.21. The summed E-state index contributed by atoms with van der Waals surface area (Å²) in [7, 11) is 0. The van der Waals surface area contributed by atoms with Crippen LogP contribution in [0.5, 0.6) is 0 Å². The van der Waals surface area contributed by atoms with E-state index in [4.69, 9.17) is 9.52 Å². The standard InChI is InChI=1S/C19H18N2O5/c1-10-4-5-11(2)14(8-10)20-17(22)12(3)21-15-7-6-13(18(23)24)9-16(15)26-19(21)25/h4-9,12H,1-3H3,(H,20,22)(H,23,24). The van der Waals surface area contributed by atoms with Crippen LogP contribution < -0.4 is 11.1 Å². The normalized spacial score (nSPS) is 12.1. The molecule has 0 fully saturated rings. The summed E-state index contributed by atoms with van der Waals surface area (Å²) in [4.78, 5) is 35.9. The van der Waals surface area contributed by atoms with E-state index in [0.29, 0.717) is 11.2 Å². The van der Waals surface area contributed by atoms with Crippen molar-refractivity contribution in [2.24, 2.45) is 0 Å². The highest BCUT2D eigenvalue weighted by Gasteiger charge is 2.22. The van der Waals surface area contributed by atoms with Crippen molar-refractivity contribution in [1.82, 2.24) is 4.57 Å². The van der Waals surface area contributed by atoms with Gasteiger partial charge < -0.3 is 14.8 Å². The molecule has 0 aliphatic rings. The molecule has 0 spiro atoms. The summed E-state index contributed by atoms with van der Waals surface area (Å²) >= 11 is 0. The number of aromatic carboxylic acids is 1. The molecular weight excluding hydrogens is 336 g/mol. The van der Waals surface area contributed by atoms with Gasteiger partial charge in [0.1, 0.15) is 6.04 Å². The van der Waals surface area contributed by atoms with Crippen LogP contribution in [-0.2, 0) is 4.79 Å². The van der Waals surface area contributed by atoms with Gasteiger partial charge in [-0.3, -0.25) is 9.36 Å². The van der Waals surface area contributed by atoms with Crippen LogP contribution in [0.1, 0.15) is 34.5 Å². The summed E-state index contributed by atoms with van der Waals surface area (Å²) in [6.07, 6.45) is 0. The molecular formula is C19H18N2O5. The van der Waals surface area contributed by atoms with E-state index in [0.717, 1.165) is 11.1 Å². The van der Waals surface area contributed by atoms with Crippen LogP contribution in [0, 0.1) is 13.8 Å². The Kier molecular flexibility index (Phi) is 4.38. The third kappa shape index (κ3) is 3.11. The number of carboxylic acids is 1. The predicted molar refractivity (Wildman–Crippen MR) is 96.7 cm³/mol. The average Bonchev–Trinajstić information content (AvgIpc) is 2.92. The smallest absolute Gasteiger partial charge is 0.420 e. The van der Waals surface area contributed by atoms with Gasteiger partial charge in [0.05, 0.1) is 11.1 Å². The lowest BCUT2D eigenvalue weighted by atomic mass is 10.1. The minimum atomic E-state index is -1.12. The van der Waals surface area contributed by atoms with Crippen LogP contribution in [-0.4, -0.2) is 21.6 Å². The fourth-order valence-electron chi connectivity index (χ4n) is 2.76. The molecule has 0 aliphatic heterocycles. The molecule has 1 atom stereocenters. The number of hydrogen-bond acceptors (Lipinski definition) is 4. The van der Waals surface area contributed by atoms with Gasteiger partial charge in [-0.25, -0.2) is 9.59 Å². The SMILES string of the molecule is Cc1ccc(C)c(NC(=O)C(C)n2c(=O)oc3cc(C(=O)O)ccc32)c1. The van der Waals surface area contributed by atoms with Crippen LogP contribution in [0.15, 0.2) is 45.6 Å². The number of carbonyl (C=O) groups excluding carboxylic acids is 1. The van der Waals surface area contributed by atoms with Crippen LogP contribution in [0.25, 0.3) is 11.1 Å². The fraction of sp³-hybridized carbons (Fsp3) is 0.211. The van der Waals surface area contributed by atoms with Crippen molar-refractivity contribution in [1.29, 1.82) is 0 Å². The molecule has 2 N–H and O–H groups in total. The number of oxazole rings is 1. The van der Waals surface area contributed by atoms with E-state index in [2.05, 4.69) is 5.32 Å². The minimum Gasteiger partial charge on any atom is -0.478 e. The van der Waals surface area contributed by atoms with Crippen LogP contribution in [0.3, 0.4) is 0 Å². The molecule has 7 heteroatoms. The number of fused-ring (bicyclic) bond motifs is 1. The van der Waals surface area contributed by atoms with Gasteiger partial charge in [-0.1, -0.05) is 12.1 Å². The van der Waals surface area contributed by atoms with E-state index in [-0.39, 0.29) is 17.1 Å². The Hall–Kier alpha value is -3.35. The Labute approximate surface area is 148 Å². The maximum absolute atomic E-state index is 12.6. The second kappa shape index (κ2) is 6.51. The molecule has 26 heavy (non-hydrogen) atoms. The van der Waals surface area contributed by atoms with Gasteiger partial charge in [0.15, 0.2) is 5.58 Å². The lowest BCUT2D eigenvalue weighted by Gasteiger charge is -2.15. The lowest BCUT2D eigenvalue weighted by Crippen LogP contribution is -2.29. The second-order valence-electron chi connectivity index (χ2n) is 6.21. The van der Waals surface area contributed by atoms with Gasteiger partial charge >= 0.3 is 11.7 Å². The molecule has 7 nitrogen and oxygen atoms in total. The van der Waals surface area contributed by atoms with Gasteiger partial charge in [0.25, 0.3) is 0 Å². The molecule has 3 aromatic rings. The van der Waals surface area contributed by atoms with Crippen molar-refractivity contribution in [2.75, 3.05) is 5.32 Å². The molecule has 134 valence electrons. The molecule has 0 radical (unpaired) electrons. The molecule has 1 amide bonds. The van der Waals surface area contributed by atoms with E-state index in [1.165, 1.54) is 22.8 Å². The van der Waals surface area contributed by atoms with Crippen molar-refractivity contribution in [3.63, 3.8) is 0 Å². The first-order valence-electron chi connectivity index (χ1n) is 8.04. The highest BCUT2D eigenvalue weighted by molar-refractivity contribution is 5.96. The van der Waals surface area contributed by atoms with Gasteiger partial charge in [-0.15, -0.1) is 0 Å². The van der Waals surface area contributed by atoms with E-state index < -0.39 is 17.8 Å². The summed E-state index contributed by atoms with van der Waals surface area (Å²) in [6, 6.07) is 8.97. The van der Waals surface area contributed by atoms with E-state index in [9.17, 15) is 14.4 Å². The second-order valence-corrected chi connectivity index (χ2v) is 6.21. The number of aryl methyl sites for hydroxylation is 2. The fourth-order valence-corrected chi connectivity index (χ4v) is 2.76. The van der Waals surface area contributed by atoms with Gasteiger partial charge in [-0.05, 0) is 56.2 Å². The van der Waals surface area contributed by atoms with Crippen LogP contribution in [0.4, 0.5) is 5.69 Å². The first kappa shape index (κ1) is 17.5. The van der Waals surface area contributed by atoms with Crippen molar-refractivity contribution < 1.29 is 19.1 Å². The van der Waals surface area contributed by atoms with Gasteiger partial charge in [-0.2, -0.15) is 0 Å². The predicted octanol–water partition coefficient (Wildman–Crippen LogP) is 3.11. The Bertz CT molecular complexity index is 1080. The summed E-state index contributed by atoms with van der Waals surface area (Å²) in [6.45, 7) is 5.39. The summed E-state index contributed by atoms with van der Waals surface area (Å²) in [5.41, 5.74) is 3.09. The Balaban J connectivity index is 1.96. The number of hydrogen-bond donors (Lipinski definition) is 2. The Morgan fingerprint density at radius 1 is 1.15 bits per heavy atom. The monoisotopic (exact) mass is 354 g/mol. The minimum absolute atomic E-state index is 0.00545. The number of nitrogens with one attached hydrogen (secondary N) is 1. The van der Waals surface area contributed by atoms with Crippen LogP contribution >= 0.6 is 0 Å². The number of aromatic nitrogens is 1. The first-order chi connectivity index (χ1) is 12.3. The number of nitrogens with zero attached hydrogens (tertiary/aromatic N) is 1. The molecule has 0 saturated heterocycles. The van der Waals surface area contributed by atoms with Crippen LogP contribution in [0.2, 0.25) is 0 Å². The van der Waals surface area contributed by atoms with E-state index in [1.807, 2.05) is 32.0 Å². The quantitative estimate of drug-likeness (QED) is 0.749. The molecule has 1 aromatic heterocycles. The zero-order chi connectivity index (χ0) is 19.0. The number of rotatable bonds is 4.